The molecule has 2 aliphatic carbocycles. The lowest BCUT2D eigenvalue weighted by atomic mass is 9.55. The Kier molecular flexibility index (Phi) is 15.2. The number of rotatable bonds is 20. The Hall–Kier alpha value is -4.39. The molecule has 12 heteroatoms. The highest BCUT2D eigenvalue weighted by Gasteiger charge is 2.65. The molecule has 0 aromatic heterocycles. The van der Waals surface area contributed by atoms with Gasteiger partial charge in [0.05, 0.1) is 31.8 Å². The van der Waals surface area contributed by atoms with Crippen LogP contribution in [0, 0.1) is 17.8 Å². The fourth-order valence-corrected chi connectivity index (χ4v) is 8.86. The fraction of sp³-hybridized carbons (Fsp3) is 0.558. The van der Waals surface area contributed by atoms with Crippen LogP contribution in [0.1, 0.15) is 82.3 Å². The second-order valence-electron chi connectivity index (χ2n) is 14.5. The molecule has 1 saturated carbocycles. The molecule has 2 aromatic rings. The number of fused-ring (bicyclic) bond motifs is 2. The van der Waals surface area contributed by atoms with Crippen molar-refractivity contribution < 1.29 is 43.6 Å². The first-order valence-corrected chi connectivity index (χ1v) is 19.8. The Balaban J connectivity index is 1.74. The van der Waals surface area contributed by atoms with Crippen molar-refractivity contribution in [1.82, 2.24) is 10.2 Å². The average Bonchev–Trinajstić information content (AvgIpc) is 3.18. The van der Waals surface area contributed by atoms with Crippen LogP contribution in [0.4, 0.5) is 4.79 Å². The van der Waals surface area contributed by atoms with Gasteiger partial charge in [-0.15, -0.1) is 6.58 Å². The summed E-state index contributed by atoms with van der Waals surface area (Å²) in [6.45, 7) is 9.10. The van der Waals surface area contributed by atoms with E-state index in [1.807, 2.05) is 55.1 Å². The number of allylic oxidation sites excluding steroid dienone is 1. The van der Waals surface area contributed by atoms with E-state index in [9.17, 15) is 19.8 Å². The van der Waals surface area contributed by atoms with Gasteiger partial charge < -0.3 is 44.2 Å². The molecule has 3 aliphatic rings. The van der Waals surface area contributed by atoms with E-state index in [1.54, 1.807) is 19.3 Å². The Labute approximate surface area is 325 Å². The van der Waals surface area contributed by atoms with Gasteiger partial charge in [-0.1, -0.05) is 49.2 Å². The first-order valence-electron chi connectivity index (χ1n) is 19.8. The second kappa shape index (κ2) is 20.0. The van der Waals surface area contributed by atoms with Crippen LogP contribution < -0.4 is 19.5 Å². The van der Waals surface area contributed by atoms with Gasteiger partial charge in [0.25, 0.3) is 0 Å². The van der Waals surface area contributed by atoms with Gasteiger partial charge in [0, 0.05) is 44.2 Å². The van der Waals surface area contributed by atoms with E-state index in [0.717, 1.165) is 48.1 Å². The van der Waals surface area contributed by atoms with E-state index in [0.29, 0.717) is 56.0 Å². The van der Waals surface area contributed by atoms with Gasteiger partial charge in [0.2, 0.25) is 11.7 Å². The number of carbonyl (C=O) groups is 2. The van der Waals surface area contributed by atoms with Gasteiger partial charge in [-0.3, -0.25) is 4.79 Å². The van der Waals surface area contributed by atoms with E-state index in [1.165, 1.54) is 7.11 Å². The third kappa shape index (κ3) is 9.36. The van der Waals surface area contributed by atoms with Crippen LogP contribution in [0.2, 0.25) is 0 Å². The van der Waals surface area contributed by atoms with Gasteiger partial charge in [-0.25, -0.2) is 4.79 Å². The first kappa shape index (κ1) is 41.8. The molecular formula is C43H59N3O9. The summed E-state index contributed by atoms with van der Waals surface area (Å²) in [5.41, 5.74) is 3.36. The van der Waals surface area contributed by atoms with Crippen LogP contribution in [0.25, 0.3) is 0 Å². The number of benzene rings is 2. The minimum atomic E-state index is -1.36. The quantitative estimate of drug-likeness (QED) is 0.0777. The molecule has 0 radical (unpaired) electrons. The largest absolute Gasteiger partial charge is 0.497 e. The van der Waals surface area contributed by atoms with Crippen molar-refractivity contribution in [3.8, 4) is 17.2 Å². The Morgan fingerprint density at radius 1 is 1.05 bits per heavy atom. The molecule has 300 valence electrons. The molecule has 3 N–H and O–H groups in total. The zero-order valence-electron chi connectivity index (χ0n) is 32.8. The van der Waals surface area contributed by atoms with E-state index in [4.69, 9.17) is 23.8 Å². The summed E-state index contributed by atoms with van der Waals surface area (Å²) in [6.07, 6.45) is 9.17. The summed E-state index contributed by atoms with van der Waals surface area (Å²) in [4.78, 5) is 34.7. The van der Waals surface area contributed by atoms with Crippen molar-refractivity contribution >= 4 is 17.7 Å². The highest BCUT2D eigenvalue weighted by Crippen LogP contribution is 2.62. The number of carbonyl (C=O) groups excluding carboxylic acids is 2. The van der Waals surface area contributed by atoms with Gasteiger partial charge in [-0.05, 0) is 92.3 Å². The lowest BCUT2D eigenvalue weighted by Gasteiger charge is -2.60. The number of hydrogen-bond donors (Lipinski definition) is 3. The summed E-state index contributed by atoms with van der Waals surface area (Å²) in [5, 5.41) is 27.0. The molecule has 1 fully saturated rings. The smallest absolute Gasteiger partial charge is 0.412 e. The van der Waals surface area contributed by atoms with Crippen molar-refractivity contribution in [2.24, 2.45) is 22.9 Å². The summed E-state index contributed by atoms with van der Waals surface area (Å²) >= 11 is 0. The molecule has 2 amide bonds. The molecular weight excluding hydrogens is 702 g/mol. The number of methoxy groups -OCH3 is 1. The van der Waals surface area contributed by atoms with E-state index in [2.05, 4.69) is 23.1 Å². The highest BCUT2D eigenvalue weighted by molar-refractivity contribution is 6.03. The molecule has 2 aromatic carbocycles. The summed E-state index contributed by atoms with van der Waals surface area (Å²) in [7, 11) is 3.14. The van der Waals surface area contributed by atoms with Gasteiger partial charge >= 0.3 is 6.09 Å². The molecule has 0 spiro atoms. The summed E-state index contributed by atoms with van der Waals surface area (Å²) in [5.74, 6) is -0.361. The van der Waals surface area contributed by atoms with Crippen LogP contribution in [0.15, 0.2) is 71.9 Å². The molecule has 5 rings (SSSR count). The Morgan fingerprint density at radius 3 is 2.53 bits per heavy atom. The maximum absolute atomic E-state index is 14.7. The summed E-state index contributed by atoms with van der Waals surface area (Å²) in [6, 6.07) is 12.4. The topological polar surface area (TPSA) is 148 Å². The Morgan fingerprint density at radius 2 is 1.84 bits per heavy atom. The zero-order valence-corrected chi connectivity index (χ0v) is 32.8. The molecule has 0 saturated heterocycles. The third-order valence-electron chi connectivity index (χ3n) is 11.0. The number of nitrogens with zero attached hydrogens (tertiary/aromatic N) is 2. The predicted octanol–water partition coefficient (Wildman–Crippen LogP) is 6.55. The lowest BCUT2D eigenvalue weighted by Crippen LogP contribution is -2.70. The van der Waals surface area contributed by atoms with Gasteiger partial charge in [0.15, 0.2) is 0 Å². The number of nitrogens with one attached hydrogen (secondary N) is 1. The van der Waals surface area contributed by atoms with Crippen molar-refractivity contribution in [1.29, 1.82) is 0 Å². The van der Waals surface area contributed by atoms with Crippen LogP contribution in [-0.2, 0) is 20.8 Å². The van der Waals surface area contributed by atoms with E-state index >= 15 is 0 Å². The number of unbranched alkanes of at least 4 members (excludes halogenated alkanes) is 2. The van der Waals surface area contributed by atoms with E-state index in [-0.39, 0.29) is 49.9 Å². The molecule has 0 unspecified atom stereocenters. The highest BCUT2D eigenvalue weighted by atomic mass is 16.7. The minimum absolute atomic E-state index is 0.0442. The minimum Gasteiger partial charge on any atom is -0.497 e. The molecule has 1 heterocycles. The van der Waals surface area contributed by atoms with Crippen molar-refractivity contribution in [2.75, 3.05) is 47.1 Å². The van der Waals surface area contributed by atoms with E-state index < -0.39 is 23.8 Å². The van der Waals surface area contributed by atoms with Crippen molar-refractivity contribution in [3.63, 3.8) is 0 Å². The summed E-state index contributed by atoms with van der Waals surface area (Å²) < 4.78 is 25.4. The molecule has 12 nitrogen and oxygen atoms in total. The molecule has 1 aliphatic heterocycles. The second-order valence-corrected chi connectivity index (χ2v) is 14.5. The number of aliphatic hydroxyl groups excluding tert-OH is 2. The maximum Gasteiger partial charge on any atom is 0.412 e. The standard InChI is InChI=1S/C43H59N3O9/c1-6-20-46(39(49)25-29-14-13-16-31(24-29)51-4)38-28-36(45-52-5)34-26-30(15-9-11-21-47)33(17-10-12-22-48)40-35-27-32(54-42(50)44-8-3)18-19-37(35)55-43(38,41(34)40)53-23-7-2/h7,13-14,16,18-19,24,26-27,30,33,38,40-41,47-48H,2,6,8-12,15,17,20-23,25,28H2,1,3-5H3,(H,44,50)/t30-,33+,38-,40+,41+,43+/m0/s1. The average molecular weight is 762 g/mol. The normalized spacial score (nSPS) is 24.4. The number of ether oxygens (including phenoxy) is 4. The van der Waals surface area contributed by atoms with Crippen LogP contribution >= 0.6 is 0 Å². The van der Waals surface area contributed by atoms with Crippen molar-refractivity contribution in [2.45, 2.75) is 89.4 Å². The molecule has 0 bridgehead atoms. The van der Waals surface area contributed by atoms with Crippen molar-refractivity contribution in [3.05, 3.63) is 77.9 Å². The van der Waals surface area contributed by atoms with Crippen LogP contribution in [0.5, 0.6) is 17.2 Å². The third-order valence-corrected chi connectivity index (χ3v) is 11.0. The maximum atomic E-state index is 14.7. The zero-order chi connectivity index (χ0) is 39.4. The van der Waals surface area contributed by atoms with Crippen LogP contribution in [-0.4, -0.2) is 91.8 Å². The lowest BCUT2D eigenvalue weighted by molar-refractivity contribution is -0.257. The molecule has 55 heavy (non-hydrogen) atoms. The van der Waals surface area contributed by atoms with Gasteiger partial charge in [-0.2, -0.15) is 0 Å². The number of aliphatic hydroxyl groups is 2. The number of hydrogen-bond acceptors (Lipinski definition) is 10. The first-order chi connectivity index (χ1) is 26.8. The predicted molar refractivity (Wildman–Crippen MR) is 210 cm³/mol. The Bertz CT molecular complexity index is 1680. The van der Waals surface area contributed by atoms with Crippen LogP contribution in [0.3, 0.4) is 0 Å². The fourth-order valence-electron chi connectivity index (χ4n) is 8.86. The number of amides is 2. The number of oxime groups is 1. The van der Waals surface area contributed by atoms with Gasteiger partial charge in [0.1, 0.15) is 30.4 Å². The molecule has 6 atom stereocenters. The monoisotopic (exact) mass is 761 g/mol. The SMILES string of the molecule is C=CCO[C@@]12Oc3ccc(OC(=O)NCC)cc3[C@H]3[C@H](CCCCO)[C@@H](CCCCO)C=C(C(=NOC)C[C@@H]1N(CCC)C(=O)Cc1cccc(OC)c1)[C@H]32.